The van der Waals surface area contributed by atoms with Gasteiger partial charge in [0, 0.05) is 4.47 Å². The van der Waals surface area contributed by atoms with Gasteiger partial charge in [0.1, 0.15) is 12.4 Å². The molecule has 0 saturated carbocycles. The van der Waals surface area contributed by atoms with Crippen molar-refractivity contribution in [3.8, 4) is 0 Å². The third kappa shape index (κ3) is 5.07. The van der Waals surface area contributed by atoms with Crippen molar-refractivity contribution in [3.63, 3.8) is 0 Å². The number of sulfonamides is 1. The molecule has 134 valence electrons. The van der Waals surface area contributed by atoms with Gasteiger partial charge in [0.05, 0.1) is 27.7 Å². The van der Waals surface area contributed by atoms with E-state index >= 15 is 0 Å². The number of hydrogen-bond donors (Lipinski definition) is 1. The Balaban J connectivity index is 2.29. The first-order chi connectivity index (χ1) is 11.6. The Bertz CT molecular complexity index is 925. The number of carbonyl (C=O) groups excluding carboxylic acids is 1. The Hall–Kier alpha value is -1.35. The van der Waals surface area contributed by atoms with Crippen LogP contribution in [-0.4, -0.2) is 27.1 Å². The molecule has 0 atom stereocenters. The Kier molecular flexibility index (Phi) is 6.31. The highest BCUT2D eigenvalue weighted by Gasteiger charge is 2.24. The normalized spacial score (nSPS) is 11.2. The van der Waals surface area contributed by atoms with E-state index in [2.05, 4.69) is 21.2 Å². The molecule has 1 amide bonds. The zero-order chi connectivity index (χ0) is 18.8. The first-order valence-corrected chi connectivity index (χ1v) is 10.2. The molecule has 10 heteroatoms. The molecule has 2 aromatic carbocycles. The molecule has 0 bridgehead atoms. The Morgan fingerprint density at radius 1 is 1.28 bits per heavy atom. The van der Waals surface area contributed by atoms with Crippen molar-refractivity contribution in [1.29, 1.82) is 0 Å². The molecule has 2 rings (SSSR count). The maximum Gasteiger partial charge on any atom is 0.245 e. The van der Waals surface area contributed by atoms with Crippen molar-refractivity contribution in [2.75, 3.05) is 22.4 Å². The van der Waals surface area contributed by atoms with Gasteiger partial charge < -0.3 is 5.32 Å². The summed E-state index contributed by atoms with van der Waals surface area (Å²) < 4.78 is 39.2. The van der Waals surface area contributed by atoms with Gasteiger partial charge in [0.2, 0.25) is 15.9 Å². The molecule has 0 radical (unpaired) electrons. The number of nitrogens with zero attached hydrogens (tertiary/aromatic N) is 1. The van der Waals surface area contributed by atoms with E-state index in [1.165, 1.54) is 30.3 Å². The summed E-state index contributed by atoms with van der Waals surface area (Å²) in [5.41, 5.74) is -0.0121. The van der Waals surface area contributed by atoms with E-state index in [4.69, 9.17) is 23.2 Å². The predicted molar refractivity (Wildman–Crippen MR) is 101 cm³/mol. The second-order valence-electron chi connectivity index (χ2n) is 5.01. The smallest absolute Gasteiger partial charge is 0.245 e. The molecular weight excluding hydrogens is 458 g/mol. The van der Waals surface area contributed by atoms with Gasteiger partial charge in [0.15, 0.2) is 0 Å². The van der Waals surface area contributed by atoms with E-state index in [-0.39, 0.29) is 21.4 Å². The quantitative estimate of drug-likeness (QED) is 0.709. The van der Waals surface area contributed by atoms with Gasteiger partial charge in [-0.1, -0.05) is 45.2 Å². The zero-order valence-corrected chi connectivity index (χ0v) is 16.7. The van der Waals surface area contributed by atoms with Crippen LogP contribution in [0.5, 0.6) is 0 Å². The van der Waals surface area contributed by atoms with Crippen molar-refractivity contribution in [2.45, 2.75) is 0 Å². The average molecular weight is 470 g/mol. The van der Waals surface area contributed by atoms with Crippen LogP contribution in [-0.2, 0) is 14.8 Å². The van der Waals surface area contributed by atoms with E-state index < -0.39 is 28.3 Å². The van der Waals surface area contributed by atoms with Crippen molar-refractivity contribution in [2.24, 2.45) is 0 Å². The minimum Gasteiger partial charge on any atom is -0.322 e. The summed E-state index contributed by atoms with van der Waals surface area (Å²) in [6.45, 7) is -0.589. The van der Waals surface area contributed by atoms with Crippen LogP contribution >= 0.6 is 39.1 Å². The molecule has 0 unspecified atom stereocenters. The second kappa shape index (κ2) is 7.90. The fourth-order valence-electron chi connectivity index (χ4n) is 1.98. The maximum absolute atomic E-state index is 13.8. The minimum absolute atomic E-state index is 0.00258. The van der Waals surface area contributed by atoms with Gasteiger partial charge in [-0.15, -0.1) is 0 Å². The van der Waals surface area contributed by atoms with Crippen LogP contribution in [0.15, 0.2) is 40.9 Å². The van der Waals surface area contributed by atoms with Crippen LogP contribution in [0.3, 0.4) is 0 Å². The topological polar surface area (TPSA) is 66.5 Å². The Morgan fingerprint density at radius 2 is 1.96 bits per heavy atom. The number of halogens is 4. The highest BCUT2D eigenvalue weighted by molar-refractivity contribution is 9.10. The summed E-state index contributed by atoms with van der Waals surface area (Å²) in [7, 11) is -3.83. The molecule has 0 aromatic heterocycles. The van der Waals surface area contributed by atoms with Crippen molar-refractivity contribution >= 4 is 66.4 Å². The molecule has 0 aliphatic carbocycles. The molecule has 0 saturated heterocycles. The maximum atomic E-state index is 13.8. The van der Waals surface area contributed by atoms with Crippen LogP contribution < -0.4 is 9.62 Å². The fraction of sp³-hybridized carbons (Fsp3) is 0.133. The van der Waals surface area contributed by atoms with Gasteiger partial charge in [-0.3, -0.25) is 9.10 Å². The lowest BCUT2D eigenvalue weighted by molar-refractivity contribution is -0.114. The molecule has 0 aliphatic heterocycles. The van der Waals surface area contributed by atoms with Gasteiger partial charge in [-0.25, -0.2) is 12.8 Å². The van der Waals surface area contributed by atoms with Crippen molar-refractivity contribution < 1.29 is 17.6 Å². The lowest BCUT2D eigenvalue weighted by Crippen LogP contribution is -2.37. The van der Waals surface area contributed by atoms with Crippen LogP contribution in [0.2, 0.25) is 10.0 Å². The van der Waals surface area contributed by atoms with Gasteiger partial charge in [-0.2, -0.15) is 0 Å². The first kappa shape index (κ1) is 20.0. The SMILES string of the molecule is CS(=O)(=O)N(CC(=O)Nc1ccc(Br)cc1F)c1cccc(Cl)c1Cl. The summed E-state index contributed by atoms with van der Waals surface area (Å²) in [5.74, 6) is -1.39. The number of rotatable bonds is 5. The molecule has 5 nitrogen and oxygen atoms in total. The summed E-state index contributed by atoms with van der Waals surface area (Å²) >= 11 is 15.1. The van der Waals surface area contributed by atoms with Crippen LogP contribution in [0.1, 0.15) is 0 Å². The van der Waals surface area contributed by atoms with E-state index in [1.54, 1.807) is 6.07 Å². The number of anilines is 2. The van der Waals surface area contributed by atoms with E-state index in [9.17, 15) is 17.6 Å². The number of hydrogen-bond acceptors (Lipinski definition) is 3. The standard InChI is InChI=1S/C15H12BrCl2FN2O3S/c1-25(23,24)21(13-4-2-3-10(17)15(13)18)8-14(22)20-12-6-5-9(16)7-11(12)19/h2-7H,8H2,1H3,(H,20,22). The van der Waals surface area contributed by atoms with Crippen LogP contribution in [0, 0.1) is 5.82 Å². The van der Waals surface area contributed by atoms with E-state index in [0.717, 1.165) is 10.6 Å². The lowest BCUT2D eigenvalue weighted by Gasteiger charge is -2.23. The highest BCUT2D eigenvalue weighted by Crippen LogP contribution is 2.33. The number of benzene rings is 2. The molecule has 0 aliphatic rings. The van der Waals surface area contributed by atoms with E-state index in [1.807, 2.05) is 0 Å². The summed E-state index contributed by atoms with van der Waals surface area (Å²) in [6, 6.07) is 8.50. The Morgan fingerprint density at radius 3 is 2.56 bits per heavy atom. The lowest BCUT2D eigenvalue weighted by atomic mass is 10.3. The molecule has 1 N–H and O–H groups in total. The molecular formula is C15H12BrCl2FN2O3S. The molecule has 0 heterocycles. The first-order valence-electron chi connectivity index (χ1n) is 6.76. The monoisotopic (exact) mass is 468 g/mol. The largest absolute Gasteiger partial charge is 0.322 e. The fourth-order valence-corrected chi connectivity index (χ4v) is 3.62. The predicted octanol–water partition coefficient (Wildman–Crippen LogP) is 4.30. The van der Waals surface area contributed by atoms with Crippen molar-refractivity contribution in [1.82, 2.24) is 0 Å². The van der Waals surface area contributed by atoms with Crippen LogP contribution in [0.25, 0.3) is 0 Å². The zero-order valence-electron chi connectivity index (χ0n) is 12.8. The van der Waals surface area contributed by atoms with Gasteiger partial charge >= 0.3 is 0 Å². The molecule has 2 aromatic rings. The third-order valence-corrected chi connectivity index (χ3v) is 5.52. The van der Waals surface area contributed by atoms with Crippen molar-refractivity contribution in [3.05, 3.63) is 56.7 Å². The minimum atomic E-state index is -3.83. The Labute approximate surface area is 162 Å². The second-order valence-corrected chi connectivity index (χ2v) is 8.62. The van der Waals surface area contributed by atoms with Gasteiger partial charge in [-0.05, 0) is 30.3 Å². The molecule has 0 spiro atoms. The third-order valence-electron chi connectivity index (χ3n) is 3.09. The molecule has 25 heavy (non-hydrogen) atoms. The average Bonchev–Trinajstić information content (AvgIpc) is 2.50. The summed E-state index contributed by atoms with van der Waals surface area (Å²) in [4.78, 5) is 12.2. The molecule has 0 fully saturated rings. The van der Waals surface area contributed by atoms with Crippen LogP contribution in [0.4, 0.5) is 15.8 Å². The summed E-state index contributed by atoms with van der Waals surface area (Å²) in [6.07, 6.45) is 0.928. The number of carbonyl (C=O) groups is 1. The number of nitrogens with one attached hydrogen (secondary N) is 1. The highest BCUT2D eigenvalue weighted by atomic mass is 79.9. The van der Waals surface area contributed by atoms with E-state index in [0.29, 0.717) is 4.47 Å². The van der Waals surface area contributed by atoms with Gasteiger partial charge in [0.25, 0.3) is 0 Å². The summed E-state index contributed by atoms with van der Waals surface area (Å²) in [5, 5.41) is 2.47. The number of amides is 1.